The molecule has 1 N–H and O–H groups in total. The molecule has 10 heteroatoms. The molecule has 0 spiro atoms. The second-order valence-corrected chi connectivity index (χ2v) is 9.63. The molecular weight excluding hydrogens is 415 g/mol. The topological polar surface area (TPSA) is 95.4 Å². The molecule has 0 radical (unpaired) electrons. The van der Waals surface area contributed by atoms with Gasteiger partial charge < -0.3 is 4.57 Å². The van der Waals surface area contributed by atoms with E-state index >= 15 is 0 Å². The summed E-state index contributed by atoms with van der Waals surface area (Å²) in [5.41, 5.74) is -0.617. The third-order valence-electron chi connectivity index (χ3n) is 5.37. The Morgan fingerprint density at radius 3 is 2.63 bits per heavy atom. The third-order valence-corrected chi connectivity index (χ3v) is 7.20. The van der Waals surface area contributed by atoms with Gasteiger partial charge in [0.1, 0.15) is 16.8 Å². The lowest BCUT2D eigenvalue weighted by Crippen LogP contribution is -2.11. The van der Waals surface area contributed by atoms with Crippen molar-refractivity contribution in [1.82, 2.24) is 14.5 Å². The first-order valence-electron chi connectivity index (χ1n) is 9.09. The Bertz CT molecular complexity index is 1310. The van der Waals surface area contributed by atoms with Gasteiger partial charge in [-0.15, -0.1) is 0 Å². The standard InChI is InChI=1S/C20H16F3N5OS/c1-3-30(25,29)16-9-13(19(11-24)6-7-19)10-26-17(16)18-27-14-8-12(20(21,22)23)4-5-15(14)28(18)2/h8-10,25H,3,6-7H2,1-2H3. The van der Waals surface area contributed by atoms with Gasteiger partial charge in [0.2, 0.25) is 0 Å². The molecule has 2 heterocycles. The van der Waals surface area contributed by atoms with Gasteiger partial charge in [0, 0.05) is 19.0 Å². The number of aromatic nitrogens is 3. The molecule has 30 heavy (non-hydrogen) atoms. The van der Waals surface area contributed by atoms with Gasteiger partial charge in [-0.25, -0.2) is 14.0 Å². The molecule has 2 aromatic heterocycles. The van der Waals surface area contributed by atoms with Crippen LogP contribution in [0.3, 0.4) is 0 Å². The van der Waals surface area contributed by atoms with Crippen molar-refractivity contribution in [3.63, 3.8) is 0 Å². The van der Waals surface area contributed by atoms with Crippen LogP contribution in [-0.4, -0.2) is 24.5 Å². The molecule has 1 fully saturated rings. The zero-order chi connectivity index (χ0) is 21.9. The molecule has 1 atom stereocenters. The molecule has 154 valence electrons. The molecule has 1 saturated carbocycles. The van der Waals surface area contributed by atoms with Crippen LogP contribution in [0.15, 0.2) is 23.2 Å². The summed E-state index contributed by atoms with van der Waals surface area (Å²) in [6.07, 6.45) is -1.77. The van der Waals surface area contributed by atoms with E-state index in [-0.39, 0.29) is 33.2 Å². The van der Waals surface area contributed by atoms with Gasteiger partial charge in [0.15, 0.2) is 5.82 Å². The molecule has 0 aliphatic heterocycles. The maximum Gasteiger partial charge on any atom is 0.424 e. The number of hydrogen-bond donors (Lipinski definition) is 1. The zero-order valence-electron chi connectivity index (χ0n) is 16.1. The molecule has 3 aromatic rings. The molecule has 6 nitrogen and oxygen atoms in total. The largest absolute Gasteiger partial charge is 0.424 e. The number of aryl methyl sites for hydroxylation is 1. The van der Waals surface area contributed by atoms with Gasteiger partial charge in [0.05, 0.1) is 31.6 Å². The van der Waals surface area contributed by atoms with Crippen molar-refractivity contribution in [2.24, 2.45) is 7.05 Å². The van der Waals surface area contributed by atoms with Crippen LogP contribution in [-0.2, 0) is 28.4 Å². The highest BCUT2D eigenvalue weighted by Crippen LogP contribution is 2.48. The van der Waals surface area contributed by atoms with Crippen LogP contribution in [0, 0.1) is 28.2 Å². The lowest BCUT2D eigenvalue weighted by Gasteiger charge is -2.14. The average Bonchev–Trinajstić information content (AvgIpc) is 3.45. The summed E-state index contributed by atoms with van der Waals surface area (Å²) in [4.78, 5) is 8.76. The van der Waals surface area contributed by atoms with Crippen LogP contribution in [0.4, 0.5) is 13.2 Å². The Kier molecular flexibility index (Phi) is 4.33. The Morgan fingerprint density at radius 2 is 2.07 bits per heavy atom. The highest BCUT2D eigenvalue weighted by Gasteiger charge is 2.46. The van der Waals surface area contributed by atoms with E-state index in [1.54, 1.807) is 20.0 Å². The number of halogens is 3. The van der Waals surface area contributed by atoms with Crippen molar-refractivity contribution in [2.45, 2.75) is 36.3 Å². The van der Waals surface area contributed by atoms with E-state index in [1.165, 1.54) is 10.8 Å². The van der Waals surface area contributed by atoms with Gasteiger partial charge in [-0.2, -0.15) is 18.4 Å². The van der Waals surface area contributed by atoms with E-state index in [4.69, 9.17) is 4.78 Å². The Labute approximate surface area is 171 Å². The van der Waals surface area contributed by atoms with Crippen molar-refractivity contribution >= 4 is 20.8 Å². The molecule has 0 saturated heterocycles. The van der Waals surface area contributed by atoms with Crippen LogP contribution in [0.25, 0.3) is 22.6 Å². The molecule has 4 rings (SSSR count). The summed E-state index contributed by atoms with van der Waals surface area (Å²) in [6.45, 7) is 1.61. The highest BCUT2D eigenvalue weighted by molar-refractivity contribution is 7.92. The summed E-state index contributed by atoms with van der Waals surface area (Å²) in [7, 11) is -1.67. The minimum Gasteiger partial charge on any atom is -0.319 e. The predicted molar refractivity (Wildman–Crippen MR) is 103 cm³/mol. The average molecular weight is 431 g/mol. The van der Waals surface area contributed by atoms with Crippen LogP contribution < -0.4 is 0 Å². The Balaban J connectivity index is 1.95. The maximum absolute atomic E-state index is 13.0. The summed E-state index contributed by atoms with van der Waals surface area (Å²) in [6, 6.07) is 9.26. The number of fused-ring (bicyclic) bond motifs is 1. The SMILES string of the molecule is CCS(=N)(=O)c1cc(C2(C#N)CC2)cnc1-c1nc2cc(C(F)(F)F)c#cc2n1C. The first kappa shape index (κ1) is 20.2. The quantitative estimate of drug-likeness (QED) is 0.669. The minimum atomic E-state index is -4.58. The van der Waals surface area contributed by atoms with Crippen molar-refractivity contribution in [3.8, 4) is 17.6 Å². The van der Waals surface area contributed by atoms with E-state index in [1.807, 2.05) is 0 Å². The monoisotopic (exact) mass is 431 g/mol. The number of rotatable bonds is 4. The molecule has 1 aliphatic carbocycles. The van der Waals surface area contributed by atoms with Gasteiger partial charge in [-0.3, -0.25) is 4.98 Å². The first-order chi connectivity index (χ1) is 14.0. The fourth-order valence-electron chi connectivity index (χ4n) is 3.30. The van der Waals surface area contributed by atoms with Crippen LogP contribution >= 0.6 is 0 Å². The van der Waals surface area contributed by atoms with Gasteiger partial charge in [0.25, 0.3) is 0 Å². The van der Waals surface area contributed by atoms with Crippen molar-refractivity contribution in [1.29, 1.82) is 10.0 Å². The first-order valence-corrected chi connectivity index (χ1v) is 10.8. The predicted octanol–water partition coefficient (Wildman–Crippen LogP) is 4.24. The molecule has 1 aromatic carbocycles. The van der Waals surface area contributed by atoms with Crippen LogP contribution in [0.1, 0.15) is 30.9 Å². The van der Waals surface area contributed by atoms with Crippen LogP contribution in [0.2, 0.25) is 0 Å². The molecule has 1 aliphatic rings. The number of alkyl halides is 3. The van der Waals surface area contributed by atoms with Crippen molar-refractivity contribution in [2.75, 3.05) is 5.75 Å². The number of pyridine rings is 1. The molecule has 0 bridgehead atoms. The lowest BCUT2D eigenvalue weighted by atomic mass is 9.99. The number of nitrogens with one attached hydrogen (secondary N) is 1. The second kappa shape index (κ2) is 6.44. The summed E-state index contributed by atoms with van der Waals surface area (Å²) >= 11 is 0. The Hall–Kier alpha value is -3.11. The number of hydrogen-bond acceptors (Lipinski definition) is 5. The molecule has 1 unspecified atom stereocenters. The van der Waals surface area contributed by atoms with Gasteiger partial charge in [-0.05, 0) is 36.6 Å². The fourth-order valence-corrected chi connectivity index (χ4v) is 4.39. The van der Waals surface area contributed by atoms with E-state index in [0.717, 1.165) is 6.07 Å². The fraction of sp³-hybridized carbons (Fsp3) is 0.350. The smallest absolute Gasteiger partial charge is 0.319 e. The summed E-state index contributed by atoms with van der Waals surface area (Å²) in [5.74, 6) is 0.193. The van der Waals surface area contributed by atoms with Gasteiger partial charge >= 0.3 is 6.18 Å². The van der Waals surface area contributed by atoms with Crippen molar-refractivity contribution < 1.29 is 17.4 Å². The normalized spacial score (nSPS) is 17.2. The van der Waals surface area contributed by atoms with E-state index in [0.29, 0.717) is 18.4 Å². The molecule has 0 amide bonds. The van der Waals surface area contributed by atoms with Crippen molar-refractivity contribution in [3.05, 3.63) is 41.6 Å². The zero-order valence-corrected chi connectivity index (χ0v) is 16.9. The number of imidazole rings is 1. The number of nitrogens with zero attached hydrogens (tertiary/aromatic N) is 4. The highest BCUT2D eigenvalue weighted by atomic mass is 32.2. The third kappa shape index (κ3) is 3.08. The minimum absolute atomic E-state index is 0.0206. The molecular formula is C20H16F3N5OS. The summed E-state index contributed by atoms with van der Waals surface area (Å²) in [5, 5.41) is 9.47. The maximum atomic E-state index is 13.0. The summed E-state index contributed by atoms with van der Waals surface area (Å²) < 4.78 is 61.9. The number of nitriles is 1. The van der Waals surface area contributed by atoms with Crippen LogP contribution in [0.5, 0.6) is 0 Å². The van der Waals surface area contributed by atoms with E-state index in [9.17, 15) is 22.6 Å². The lowest BCUT2D eigenvalue weighted by molar-refractivity contribution is -0.137. The van der Waals surface area contributed by atoms with E-state index in [2.05, 4.69) is 28.2 Å². The van der Waals surface area contributed by atoms with Gasteiger partial charge in [-0.1, -0.05) is 13.0 Å². The Morgan fingerprint density at radius 1 is 1.37 bits per heavy atom. The van der Waals surface area contributed by atoms with E-state index < -0.39 is 26.9 Å². The second-order valence-electron chi connectivity index (χ2n) is 7.26.